The molecule has 0 bridgehead atoms. The van der Waals surface area contributed by atoms with E-state index in [4.69, 9.17) is 21.1 Å². The number of hydrogen-bond donors (Lipinski definition) is 3. The normalized spacial score (nSPS) is 19.5. The Morgan fingerprint density at radius 3 is 2.56 bits per heavy atom. The fourth-order valence-corrected chi connectivity index (χ4v) is 10.4. The van der Waals surface area contributed by atoms with E-state index in [1.54, 1.807) is 30.5 Å². The van der Waals surface area contributed by atoms with Crippen LogP contribution >= 0.6 is 11.6 Å². The van der Waals surface area contributed by atoms with Crippen LogP contribution in [-0.4, -0.2) is 111 Å². The molecule has 15 nitrogen and oxygen atoms in total. The van der Waals surface area contributed by atoms with E-state index < -0.39 is 20.9 Å². The molecule has 0 saturated carbocycles. The fourth-order valence-electron chi connectivity index (χ4n) is 9.23. The lowest BCUT2D eigenvalue weighted by Gasteiger charge is -2.39. The van der Waals surface area contributed by atoms with E-state index in [0.29, 0.717) is 48.8 Å². The van der Waals surface area contributed by atoms with Gasteiger partial charge in [-0.15, -0.1) is 0 Å². The third-order valence-corrected chi connectivity index (χ3v) is 14.2. The maximum atomic E-state index is 14.1. The first kappa shape index (κ1) is 42.8. The maximum absolute atomic E-state index is 14.1. The van der Waals surface area contributed by atoms with Crippen molar-refractivity contribution in [2.24, 2.45) is 5.41 Å². The average Bonchev–Trinajstić information content (AvgIpc) is 3.91. The lowest BCUT2D eigenvalue weighted by atomic mass is 9.72. The number of carbonyl (C=O) groups is 1. The maximum Gasteiger partial charge on any atom is 0.293 e. The number of aromatic nitrogens is 2. The summed E-state index contributed by atoms with van der Waals surface area (Å²) < 4.78 is 41.9. The summed E-state index contributed by atoms with van der Waals surface area (Å²) in [6, 6.07) is 19.2. The van der Waals surface area contributed by atoms with Gasteiger partial charge in [0.15, 0.2) is 0 Å². The Labute approximate surface area is 371 Å². The highest BCUT2D eigenvalue weighted by atomic mass is 35.5. The molecule has 2 aromatic heterocycles. The summed E-state index contributed by atoms with van der Waals surface area (Å²) in [5.74, 6) is -0.448. The van der Waals surface area contributed by atoms with E-state index >= 15 is 0 Å². The van der Waals surface area contributed by atoms with Gasteiger partial charge in [-0.05, 0) is 90.3 Å². The number of sulfonamides is 1. The molecule has 17 heteroatoms. The van der Waals surface area contributed by atoms with Crippen LogP contribution in [0.25, 0.3) is 16.6 Å². The highest BCUT2D eigenvalue weighted by Crippen LogP contribution is 2.44. The molecule has 4 aliphatic rings. The largest absolute Gasteiger partial charge is 0.455 e. The molecule has 5 aromatic rings. The Hall–Kier alpha value is -5.52. The summed E-state index contributed by atoms with van der Waals surface area (Å²) >= 11 is 6.25. The highest BCUT2D eigenvalue weighted by molar-refractivity contribution is 7.90. The molecule has 1 aliphatic carbocycles. The molecular formula is C46H51ClN8O7S. The van der Waals surface area contributed by atoms with Crippen molar-refractivity contribution >= 4 is 61.2 Å². The molecule has 0 unspecified atom stereocenters. The number of carbonyl (C=O) groups excluding carboxylic acids is 1. The molecule has 0 radical (unpaired) electrons. The monoisotopic (exact) mass is 894 g/mol. The van der Waals surface area contributed by atoms with Crippen LogP contribution < -0.4 is 19.7 Å². The fraction of sp³-hybridized carbons (Fsp3) is 0.391. The quantitative estimate of drug-likeness (QED) is 0.0833. The number of anilines is 2. The van der Waals surface area contributed by atoms with E-state index in [2.05, 4.69) is 60.7 Å². The number of aromatic amines is 1. The Bertz CT molecular complexity index is 2690. The standard InChI is InChI=1S/C46H51ClN8O7S/c1-46(2)11-9-32(40(26-46)30-3-5-34(47)6-4-30)28-52-13-15-54(16-14-52)36-7-8-39(42(24-36)62-37-22-31-10-12-48-44(31)49-27-37)45(56)51-63(59,60)38-23-33-21-35(29-53-17-19-61-20-18-53)50-43(33)41(25-38)55(57)58/h3-8,10,12,22-25,27,35,50H,9,11,13-21,26,28-29H2,1-2H3,(H,48,49)(H,51,56)/t35-/m1/s1. The number of benzene rings is 3. The molecule has 0 spiro atoms. The first-order valence-electron chi connectivity index (χ1n) is 21.4. The molecule has 2 fully saturated rings. The third-order valence-electron chi connectivity index (χ3n) is 12.6. The van der Waals surface area contributed by atoms with Gasteiger partial charge >= 0.3 is 0 Å². The molecule has 9 rings (SSSR count). The molecule has 63 heavy (non-hydrogen) atoms. The number of nitrogens with one attached hydrogen (secondary N) is 3. The molecule has 2 saturated heterocycles. The van der Waals surface area contributed by atoms with Gasteiger partial charge in [0.1, 0.15) is 22.8 Å². The predicted octanol–water partition coefficient (Wildman–Crippen LogP) is 7.49. The third kappa shape index (κ3) is 9.55. The second-order valence-corrected chi connectivity index (χ2v) is 19.8. The number of hydrogen-bond acceptors (Lipinski definition) is 12. The molecular weight excluding hydrogens is 844 g/mol. The number of ether oxygens (including phenoxy) is 2. The summed E-state index contributed by atoms with van der Waals surface area (Å²) in [7, 11) is -4.58. The first-order chi connectivity index (χ1) is 30.3. The van der Waals surface area contributed by atoms with Crippen molar-refractivity contribution < 1.29 is 27.6 Å². The van der Waals surface area contributed by atoms with Crippen molar-refractivity contribution in [2.45, 2.75) is 50.5 Å². The summed E-state index contributed by atoms with van der Waals surface area (Å²) in [6.07, 6.45) is 6.88. The molecule has 3 N–H and O–H groups in total. The van der Waals surface area contributed by atoms with Crippen LogP contribution in [0.4, 0.5) is 17.1 Å². The minimum Gasteiger partial charge on any atom is -0.455 e. The van der Waals surface area contributed by atoms with Gasteiger partial charge in [0.2, 0.25) is 0 Å². The van der Waals surface area contributed by atoms with Gasteiger partial charge in [-0.25, -0.2) is 18.1 Å². The Kier molecular flexibility index (Phi) is 11.9. The van der Waals surface area contributed by atoms with Crippen molar-refractivity contribution in [3.05, 3.63) is 117 Å². The molecule has 1 amide bonds. The van der Waals surface area contributed by atoms with Crippen LogP contribution in [0.5, 0.6) is 11.5 Å². The summed E-state index contributed by atoms with van der Waals surface area (Å²) in [5.41, 5.74) is 6.21. The number of amides is 1. The van der Waals surface area contributed by atoms with Gasteiger partial charge in [0, 0.05) is 92.8 Å². The lowest BCUT2D eigenvalue weighted by molar-refractivity contribution is -0.384. The zero-order valence-corrected chi connectivity index (χ0v) is 36.9. The molecule has 330 valence electrons. The summed E-state index contributed by atoms with van der Waals surface area (Å²) in [4.78, 5) is 39.8. The summed E-state index contributed by atoms with van der Waals surface area (Å²) in [5, 5.41) is 17.0. The van der Waals surface area contributed by atoms with Gasteiger partial charge in [0.05, 0.1) is 34.8 Å². The van der Waals surface area contributed by atoms with Crippen LogP contribution in [0.2, 0.25) is 5.02 Å². The minimum atomic E-state index is -4.58. The van der Waals surface area contributed by atoms with Crippen LogP contribution in [-0.2, 0) is 21.2 Å². The van der Waals surface area contributed by atoms with Gasteiger partial charge in [-0.3, -0.25) is 24.7 Å². The van der Waals surface area contributed by atoms with Gasteiger partial charge in [0.25, 0.3) is 21.6 Å². The zero-order chi connectivity index (χ0) is 43.9. The second-order valence-electron chi connectivity index (χ2n) is 17.7. The Balaban J connectivity index is 0.941. The van der Waals surface area contributed by atoms with Crippen LogP contribution in [0.1, 0.15) is 54.6 Å². The highest BCUT2D eigenvalue weighted by Gasteiger charge is 2.34. The molecule has 5 heterocycles. The van der Waals surface area contributed by atoms with E-state index in [1.165, 1.54) is 29.0 Å². The number of nitro groups is 1. The first-order valence-corrected chi connectivity index (χ1v) is 23.3. The zero-order valence-electron chi connectivity index (χ0n) is 35.4. The van der Waals surface area contributed by atoms with Crippen LogP contribution in [0.3, 0.4) is 0 Å². The number of H-pyrrole nitrogens is 1. The van der Waals surface area contributed by atoms with Gasteiger partial charge in [-0.1, -0.05) is 43.2 Å². The lowest BCUT2D eigenvalue weighted by Crippen LogP contribution is -2.47. The summed E-state index contributed by atoms with van der Waals surface area (Å²) in [6.45, 7) is 12.0. The molecule has 3 aliphatic heterocycles. The number of pyridine rings is 1. The Morgan fingerprint density at radius 1 is 1.02 bits per heavy atom. The van der Waals surface area contributed by atoms with Crippen molar-refractivity contribution in [1.29, 1.82) is 0 Å². The second kappa shape index (κ2) is 17.6. The van der Waals surface area contributed by atoms with E-state index in [9.17, 15) is 23.3 Å². The van der Waals surface area contributed by atoms with Crippen LogP contribution in [0.15, 0.2) is 89.6 Å². The van der Waals surface area contributed by atoms with Crippen molar-refractivity contribution in [1.82, 2.24) is 24.5 Å². The topological polar surface area (TPSA) is 175 Å². The van der Waals surface area contributed by atoms with Crippen molar-refractivity contribution in [3.63, 3.8) is 0 Å². The predicted molar refractivity (Wildman–Crippen MR) is 243 cm³/mol. The van der Waals surface area contributed by atoms with E-state index in [1.807, 2.05) is 18.2 Å². The number of piperazine rings is 1. The average molecular weight is 895 g/mol. The number of nitrogens with zero attached hydrogens (tertiary/aromatic N) is 5. The molecule has 3 aromatic carbocycles. The van der Waals surface area contributed by atoms with Crippen molar-refractivity contribution in [3.8, 4) is 11.5 Å². The van der Waals surface area contributed by atoms with E-state index in [0.717, 1.165) is 87.2 Å². The minimum absolute atomic E-state index is 0.0279. The number of fused-ring (bicyclic) bond motifs is 2. The van der Waals surface area contributed by atoms with E-state index in [-0.39, 0.29) is 33.4 Å². The molecule has 1 atom stereocenters. The van der Waals surface area contributed by atoms with Crippen LogP contribution in [0, 0.1) is 15.5 Å². The van der Waals surface area contributed by atoms with Gasteiger partial charge < -0.3 is 24.7 Å². The smallest absolute Gasteiger partial charge is 0.293 e. The van der Waals surface area contributed by atoms with Crippen molar-refractivity contribution in [2.75, 3.05) is 75.8 Å². The van der Waals surface area contributed by atoms with Gasteiger partial charge in [-0.2, -0.15) is 0 Å². The number of allylic oxidation sites excluding steroid dienone is 1. The Morgan fingerprint density at radius 2 is 1.79 bits per heavy atom. The number of rotatable bonds is 12. The number of halogens is 1. The SMILES string of the molecule is CC1(C)CCC(CN2CCN(c3ccc(C(=O)NS(=O)(=O)c4cc5c(c([N+](=O)[O-])c4)N[C@@H](CN4CCOCC4)C5)c(Oc4cnc5[nH]ccc5c4)c3)CC2)=C(c2ccc(Cl)cc2)C1. The number of nitro benzene ring substituents is 1. The number of morpholine rings is 1.